The van der Waals surface area contributed by atoms with E-state index in [9.17, 15) is 0 Å². The molecule has 3 rings (SSSR count). The van der Waals surface area contributed by atoms with Crippen LogP contribution in [0, 0.1) is 0 Å². The van der Waals surface area contributed by atoms with E-state index in [0.29, 0.717) is 18.1 Å². The van der Waals surface area contributed by atoms with Gasteiger partial charge in [0.1, 0.15) is 0 Å². The van der Waals surface area contributed by atoms with E-state index in [1.807, 2.05) is 18.4 Å². The summed E-state index contributed by atoms with van der Waals surface area (Å²) in [7, 11) is 2.01. The summed E-state index contributed by atoms with van der Waals surface area (Å²) in [5.41, 5.74) is 1.27. The van der Waals surface area contributed by atoms with Crippen LogP contribution in [-0.4, -0.2) is 37.3 Å². The second-order valence-corrected chi connectivity index (χ2v) is 7.51. The summed E-state index contributed by atoms with van der Waals surface area (Å²) in [5, 5.41) is 4.49. The van der Waals surface area contributed by atoms with Crippen LogP contribution < -0.4 is 10.2 Å². The zero-order valence-corrected chi connectivity index (χ0v) is 14.2. The fourth-order valence-corrected chi connectivity index (χ4v) is 4.86. The lowest BCUT2D eigenvalue weighted by Gasteiger charge is -2.43. The molecular formula is C16H27N3OS. The van der Waals surface area contributed by atoms with Crippen molar-refractivity contribution in [1.29, 1.82) is 0 Å². The standard InChI is InChI=1S/C16H27N3OS/c1-11(2)15-14(10-17-3)21-16(18-15)19-8-9-20-13-7-5-4-6-12(13)19/h11-13,17H,4-10H2,1-3H3. The Morgan fingerprint density at radius 1 is 1.38 bits per heavy atom. The molecule has 5 heteroatoms. The van der Waals surface area contributed by atoms with Crippen molar-refractivity contribution < 1.29 is 4.74 Å². The average Bonchev–Trinajstić information content (AvgIpc) is 2.91. The van der Waals surface area contributed by atoms with Crippen LogP contribution in [0.4, 0.5) is 5.13 Å². The lowest BCUT2D eigenvalue weighted by molar-refractivity contribution is -0.00870. The molecule has 2 atom stereocenters. The molecule has 1 saturated carbocycles. The summed E-state index contributed by atoms with van der Waals surface area (Å²) in [5.74, 6) is 0.488. The largest absolute Gasteiger partial charge is 0.374 e. The number of nitrogens with one attached hydrogen (secondary N) is 1. The first kappa shape index (κ1) is 15.3. The van der Waals surface area contributed by atoms with Crippen LogP contribution >= 0.6 is 11.3 Å². The minimum Gasteiger partial charge on any atom is -0.374 e. The minimum absolute atomic E-state index is 0.423. The number of aromatic nitrogens is 1. The van der Waals surface area contributed by atoms with Crippen molar-refractivity contribution in [2.24, 2.45) is 0 Å². The molecule has 1 aromatic heterocycles. The Morgan fingerprint density at radius 2 is 2.19 bits per heavy atom. The molecule has 118 valence electrons. The summed E-state index contributed by atoms with van der Waals surface area (Å²) in [6.45, 7) is 7.23. The van der Waals surface area contributed by atoms with Crippen LogP contribution in [0.3, 0.4) is 0 Å². The number of ether oxygens (including phenoxy) is 1. The van der Waals surface area contributed by atoms with Gasteiger partial charge in [-0.1, -0.05) is 26.7 Å². The molecular weight excluding hydrogens is 282 g/mol. The van der Waals surface area contributed by atoms with Gasteiger partial charge in [-0.25, -0.2) is 4.98 Å². The number of fused-ring (bicyclic) bond motifs is 1. The third-order valence-electron chi connectivity index (χ3n) is 4.58. The molecule has 2 aliphatic rings. The van der Waals surface area contributed by atoms with Gasteiger partial charge in [0.2, 0.25) is 0 Å². The number of nitrogens with zero attached hydrogens (tertiary/aromatic N) is 2. The molecule has 4 nitrogen and oxygen atoms in total. The number of rotatable bonds is 4. The van der Waals surface area contributed by atoms with Crippen LogP contribution in [0.2, 0.25) is 0 Å². The maximum atomic E-state index is 5.99. The van der Waals surface area contributed by atoms with E-state index in [2.05, 4.69) is 24.1 Å². The SMILES string of the molecule is CNCc1sc(N2CCOC3CCCCC32)nc1C(C)C. The highest BCUT2D eigenvalue weighted by Gasteiger charge is 2.36. The smallest absolute Gasteiger partial charge is 0.186 e. The summed E-state index contributed by atoms with van der Waals surface area (Å²) in [6, 6.07) is 0.543. The molecule has 0 aromatic carbocycles. The van der Waals surface area contributed by atoms with Crippen LogP contribution in [0.25, 0.3) is 0 Å². The van der Waals surface area contributed by atoms with Gasteiger partial charge in [0.05, 0.1) is 24.4 Å². The molecule has 1 saturated heterocycles. The third-order valence-corrected chi connectivity index (χ3v) is 5.69. The fourth-order valence-electron chi connectivity index (χ4n) is 3.55. The van der Waals surface area contributed by atoms with Crippen molar-refractivity contribution in [2.45, 2.75) is 64.1 Å². The van der Waals surface area contributed by atoms with Crippen LogP contribution in [0.5, 0.6) is 0 Å². The minimum atomic E-state index is 0.423. The van der Waals surface area contributed by atoms with Gasteiger partial charge >= 0.3 is 0 Å². The molecule has 21 heavy (non-hydrogen) atoms. The number of hydrogen-bond donors (Lipinski definition) is 1. The molecule has 0 bridgehead atoms. The molecule has 2 unspecified atom stereocenters. The first-order chi connectivity index (χ1) is 10.2. The molecule has 2 heterocycles. The Kier molecular flexibility index (Phi) is 4.82. The molecule has 1 N–H and O–H groups in total. The van der Waals surface area contributed by atoms with E-state index in [-0.39, 0.29) is 0 Å². The Labute approximate surface area is 131 Å². The monoisotopic (exact) mass is 309 g/mol. The average molecular weight is 309 g/mol. The molecule has 0 spiro atoms. The second-order valence-electron chi connectivity index (χ2n) is 6.44. The number of anilines is 1. The quantitative estimate of drug-likeness (QED) is 0.927. The Hall–Kier alpha value is -0.650. The van der Waals surface area contributed by atoms with Gasteiger partial charge in [-0.15, -0.1) is 11.3 Å². The Bertz CT molecular complexity index is 472. The van der Waals surface area contributed by atoms with E-state index < -0.39 is 0 Å². The van der Waals surface area contributed by atoms with Crippen molar-refractivity contribution >= 4 is 16.5 Å². The zero-order chi connectivity index (χ0) is 14.8. The van der Waals surface area contributed by atoms with Crippen molar-refractivity contribution in [3.05, 3.63) is 10.6 Å². The third kappa shape index (κ3) is 3.10. The van der Waals surface area contributed by atoms with Gasteiger partial charge in [-0.3, -0.25) is 0 Å². The van der Waals surface area contributed by atoms with E-state index in [0.717, 1.165) is 19.7 Å². The lowest BCUT2D eigenvalue weighted by atomic mass is 9.90. The topological polar surface area (TPSA) is 37.4 Å². The first-order valence-corrected chi connectivity index (χ1v) is 9.04. The van der Waals surface area contributed by atoms with E-state index >= 15 is 0 Å². The van der Waals surface area contributed by atoms with E-state index in [1.54, 1.807) is 0 Å². The van der Waals surface area contributed by atoms with Gasteiger partial charge in [0, 0.05) is 18.0 Å². The second kappa shape index (κ2) is 6.63. The number of morpholine rings is 1. The molecule has 1 aliphatic carbocycles. The highest BCUT2D eigenvalue weighted by Crippen LogP contribution is 2.36. The summed E-state index contributed by atoms with van der Waals surface area (Å²) < 4.78 is 5.99. The van der Waals surface area contributed by atoms with Crippen LogP contribution in [0.15, 0.2) is 0 Å². The molecule has 1 aromatic rings. The lowest BCUT2D eigenvalue weighted by Crippen LogP contribution is -2.52. The van der Waals surface area contributed by atoms with Crippen molar-refractivity contribution in [1.82, 2.24) is 10.3 Å². The van der Waals surface area contributed by atoms with Crippen molar-refractivity contribution in [3.8, 4) is 0 Å². The first-order valence-electron chi connectivity index (χ1n) is 8.23. The fraction of sp³-hybridized carbons (Fsp3) is 0.812. The van der Waals surface area contributed by atoms with Crippen molar-refractivity contribution in [3.63, 3.8) is 0 Å². The predicted octanol–water partition coefficient (Wildman–Crippen LogP) is 3.13. The van der Waals surface area contributed by atoms with Gasteiger partial charge in [0.25, 0.3) is 0 Å². The van der Waals surface area contributed by atoms with Crippen molar-refractivity contribution in [2.75, 3.05) is 25.1 Å². The zero-order valence-electron chi connectivity index (χ0n) is 13.4. The highest BCUT2D eigenvalue weighted by molar-refractivity contribution is 7.15. The highest BCUT2D eigenvalue weighted by atomic mass is 32.1. The predicted molar refractivity (Wildman–Crippen MR) is 88.3 cm³/mol. The Morgan fingerprint density at radius 3 is 2.95 bits per heavy atom. The van der Waals surface area contributed by atoms with Gasteiger partial charge < -0.3 is 15.0 Å². The van der Waals surface area contributed by atoms with E-state index in [4.69, 9.17) is 9.72 Å². The van der Waals surface area contributed by atoms with Crippen LogP contribution in [0.1, 0.15) is 56.0 Å². The maximum absolute atomic E-state index is 5.99. The summed E-state index contributed by atoms with van der Waals surface area (Å²) >= 11 is 1.87. The van der Waals surface area contributed by atoms with E-state index in [1.165, 1.54) is 41.4 Å². The van der Waals surface area contributed by atoms with Gasteiger partial charge in [-0.05, 0) is 25.8 Å². The molecule has 2 fully saturated rings. The molecule has 0 amide bonds. The normalized spacial score (nSPS) is 26.2. The number of thiazole rings is 1. The summed E-state index contributed by atoms with van der Waals surface area (Å²) in [6.07, 6.45) is 5.53. The van der Waals surface area contributed by atoms with Gasteiger partial charge in [-0.2, -0.15) is 0 Å². The molecule has 0 radical (unpaired) electrons. The molecule has 1 aliphatic heterocycles. The number of hydrogen-bond acceptors (Lipinski definition) is 5. The Balaban J connectivity index is 1.86. The van der Waals surface area contributed by atoms with Gasteiger partial charge in [0.15, 0.2) is 5.13 Å². The maximum Gasteiger partial charge on any atom is 0.186 e. The summed E-state index contributed by atoms with van der Waals surface area (Å²) in [4.78, 5) is 8.91. The van der Waals surface area contributed by atoms with Crippen LogP contribution in [-0.2, 0) is 11.3 Å².